The van der Waals surface area contributed by atoms with Crippen molar-refractivity contribution in [1.29, 1.82) is 0 Å². The molecule has 1 heterocycles. The number of aromatic amines is 1. The lowest BCUT2D eigenvalue weighted by Gasteiger charge is -2.11. The van der Waals surface area contributed by atoms with Crippen LogP contribution in [0.1, 0.15) is 11.0 Å². The molecule has 0 saturated carbocycles. The van der Waals surface area contributed by atoms with Crippen LogP contribution in [0.4, 0.5) is 0 Å². The van der Waals surface area contributed by atoms with Crippen LogP contribution in [0.2, 0.25) is 0 Å². The third-order valence-corrected chi connectivity index (χ3v) is 2.73. The van der Waals surface area contributed by atoms with Crippen molar-refractivity contribution in [2.75, 3.05) is 20.6 Å². The Bertz CT molecular complexity index is 772. The summed E-state index contributed by atoms with van der Waals surface area (Å²) in [5.41, 5.74) is 0.291. The highest BCUT2D eigenvalue weighted by molar-refractivity contribution is 7.46. The number of H-pyrrole nitrogens is 1. The number of nitrogens with one attached hydrogen (secondary N) is 1. The number of hydrogen-bond acceptors (Lipinski definition) is 3. The normalized spacial score (nSPS) is 16.9. The molecule has 0 radical (unpaired) electrons. The van der Waals surface area contributed by atoms with Gasteiger partial charge in [0.1, 0.15) is 5.75 Å². The minimum absolute atomic E-state index is 0.0877. The molecule has 0 aliphatic carbocycles. The molecule has 0 bridgehead atoms. The molecule has 1 aromatic heterocycles. The topological polar surface area (TPSA) is 85.8 Å². The maximum atomic E-state index is 11.1. The molecule has 104 valence electrons. The van der Waals surface area contributed by atoms with E-state index in [9.17, 15) is 4.57 Å². The number of nitrogens with zero attached hydrogens (tertiary/aromatic N) is 1. The fourth-order valence-electron chi connectivity index (χ4n) is 1.63. The molecular weight excluding hydrogens is 267 g/mol. The lowest BCUT2D eigenvalue weighted by Crippen LogP contribution is -2.14. The largest absolute Gasteiger partial charge is 0.524 e. The van der Waals surface area contributed by atoms with Gasteiger partial charge in [0.15, 0.2) is 0 Å². The number of phosphoric ester groups is 1. The lowest BCUT2D eigenvalue weighted by molar-refractivity contribution is 0.284. The third kappa shape index (κ3) is 3.58. The van der Waals surface area contributed by atoms with Crippen LogP contribution in [0.15, 0.2) is 24.4 Å². The Kier molecular flexibility index (Phi) is 2.69. The van der Waals surface area contributed by atoms with E-state index in [-0.39, 0.29) is 16.7 Å². The zero-order valence-corrected chi connectivity index (χ0v) is 11.3. The highest BCUT2D eigenvalue weighted by Crippen LogP contribution is 2.41. The van der Waals surface area contributed by atoms with Crippen molar-refractivity contribution in [3.8, 4) is 5.75 Å². The minimum atomic E-state index is -4.84. The molecule has 0 amide bonds. The lowest BCUT2D eigenvalue weighted by atomic mass is 10.1. The predicted octanol–water partition coefficient (Wildman–Crippen LogP) is 1.74. The second kappa shape index (κ2) is 5.35. The number of benzene rings is 1. The Balaban J connectivity index is 2.69. The molecule has 0 fully saturated rings. The Morgan fingerprint density at radius 3 is 2.84 bits per heavy atom. The molecule has 0 unspecified atom stereocenters. The molecule has 0 spiro atoms. The summed E-state index contributed by atoms with van der Waals surface area (Å²) in [5.74, 6) is -0.217. The van der Waals surface area contributed by atoms with Gasteiger partial charge in [0.25, 0.3) is 0 Å². The minimum Gasteiger partial charge on any atom is -0.404 e. The van der Waals surface area contributed by atoms with Gasteiger partial charge >= 0.3 is 7.82 Å². The van der Waals surface area contributed by atoms with E-state index in [2.05, 4.69) is 9.51 Å². The van der Waals surface area contributed by atoms with Gasteiger partial charge in [-0.05, 0) is 38.2 Å². The summed E-state index contributed by atoms with van der Waals surface area (Å²) in [6.45, 7) is -2.36. The van der Waals surface area contributed by atoms with Crippen LogP contribution < -0.4 is 4.52 Å². The molecule has 0 aliphatic rings. The van der Waals surface area contributed by atoms with Crippen molar-refractivity contribution >= 4 is 18.7 Å². The summed E-state index contributed by atoms with van der Waals surface area (Å²) >= 11 is 0. The highest BCUT2D eigenvalue weighted by Gasteiger charge is 2.19. The van der Waals surface area contributed by atoms with E-state index in [1.165, 1.54) is 32.4 Å². The maximum absolute atomic E-state index is 11.1. The van der Waals surface area contributed by atoms with E-state index in [0.29, 0.717) is 5.52 Å². The first-order chi connectivity index (χ1) is 10.4. The van der Waals surface area contributed by atoms with Crippen molar-refractivity contribution in [2.24, 2.45) is 0 Å². The Morgan fingerprint density at radius 1 is 1.47 bits per heavy atom. The van der Waals surface area contributed by atoms with E-state index in [0.717, 1.165) is 4.90 Å². The average molecular weight is 288 g/mol. The van der Waals surface area contributed by atoms with Gasteiger partial charge < -0.3 is 14.4 Å². The monoisotopic (exact) mass is 288 g/mol. The third-order valence-electron chi connectivity index (χ3n) is 2.30. The summed E-state index contributed by atoms with van der Waals surface area (Å²) in [6.07, 6.45) is -1.19. The van der Waals surface area contributed by atoms with Crippen molar-refractivity contribution in [3.05, 3.63) is 30.0 Å². The molecule has 19 heavy (non-hydrogen) atoms. The van der Waals surface area contributed by atoms with Crippen LogP contribution in [-0.4, -0.2) is 40.3 Å². The van der Waals surface area contributed by atoms with Gasteiger partial charge in [-0.2, -0.15) is 0 Å². The molecule has 0 aliphatic heterocycles. The maximum Gasteiger partial charge on any atom is 0.524 e. The van der Waals surface area contributed by atoms with Crippen LogP contribution in [0.5, 0.6) is 5.75 Å². The molecule has 1 aromatic carbocycles. The first-order valence-corrected chi connectivity index (χ1v) is 6.94. The van der Waals surface area contributed by atoms with E-state index in [4.69, 9.17) is 15.3 Å². The van der Waals surface area contributed by atoms with Crippen molar-refractivity contribution in [3.63, 3.8) is 0 Å². The number of likely N-dealkylation sites (N-methyl/N-ethyl adjacent to an activating group) is 1. The molecular formula is C12H17N2O4P. The van der Waals surface area contributed by atoms with Crippen LogP contribution in [-0.2, 0) is 10.9 Å². The molecule has 6 nitrogen and oxygen atoms in total. The summed E-state index contributed by atoms with van der Waals surface area (Å²) in [6, 6.07) is 4.36. The Morgan fingerprint density at radius 2 is 2.21 bits per heavy atom. The first kappa shape index (κ1) is 9.55. The standard InChI is InChI=1S/C12H17N2O4P/c1-14(2)7-6-9-8-13-10-4-3-5-11(12(9)10)18-19(15,16)17/h3-5,8,13H,6-7H2,1-2H3,(H2,15,16,17)/i6D2,7D2. The van der Waals surface area contributed by atoms with Crippen LogP contribution >= 0.6 is 7.82 Å². The van der Waals surface area contributed by atoms with Crippen LogP contribution in [0.3, 0.4) is 0 Å². The molecule has 3 N–H and O–H groups in total. The van der Waals surface area contributed by atoms with Gasteiger partial charge in [-0.3, -0.25) is 9.79 Å². The first-order valence-electron chi connectivity index (χ1n) is 7.41. The van der Waals surface area contributed by atoms with Gasteiger partial charge in [-0.1, -0.05) is 6.07 Å². The van der Waals surface area contributed by atoms with E-state index in [1.807, 2.05) is 0 Å². The van der Waals surface area contributed by atoms with E-state index >= 15 is 0 Å². The zero-order chi connectivity index (χ0) is 17.6. The number of phosphoric acid groups is 1. The second-order valence-corrected chi connectivity index (χ2v) is 5.26. The summed E-state index contributed by atoms with van der Waals surface area (Å²) in [7, 11) is -2.03. The zero-order valence-electron chi connectivity index (χ0n) is 14.4. The van der Waals surface area contributed by atoms with Crippen molar-refractivity contribution in [2.45, 2.75) is 6.37 Å². The molecule has 2 aromatic rings. The fourth-order valence-corrected chi connectivity index (χ4v) is 2.03. The van der Waals surface area contributed by atoms with E-state index < -0.39 is 20.7 Å². The number of fused-ring (bicyclic) bond motifs is 1. The van der Waals surface area contributed by atoms with Crippen LogP contribution in [0.25, 0.3) is 10.9 Å². The van der Waals surface area contributed by atoms with Crippen molar-refractivity contribution < 1.29 is 24.4 Å². The summed E-state index contributed by atoms with van der Waals surface area (Å²) in [5, 5.41) is 0.0894. The Hall–Kier alpha value is -1.33. The van der Waals surface area contributed by atoms with Gasteiger partial charge in [0.05, 0.1) is 0 Å². The summed E-state index contributed by atoms with van der Waals surface area (Å²) in [4.78, 5) is 21.9. The van der Waals surface area contributed by atoms with Gasteiger partial charge in [0.2, 0.25) is 0 Å². The highest BCUT2D eigenvalue weighted by atomic mass is 31.2. The van der Waals surface area contributed by atoms with Gasteiger partial charge in [0, 0.05) is 29.1 Å². The predicted molar refractivity (Wildman–Crippen MR) is 73.2 cm³/mol. The number of rotatable bonds is 5. The summed E-state index contributed by atoms with van der Waals surface area (Å²) < 4.78 is 48.1. The molecule has 0 saturated heterocycles. The quantitative estimate of drug-likeness (QED) is 0.730. The smallest absolute Gasteiger partial charge is 0.404 e. The number of aryl methyl sites for hydroxylation is 1. The van der Waals surface area contributed by atoms with Crippen LogP contribution in [0, 0.1) is 0 Å². The fraction of sp³-hybridized carbons (Fsp3) is 0.333. The number of aromatic nitrogens is 1. The average Bonchev–Trinajstić information content (AvgIpc) is 2.82. The Labute approximate surface area is 116 Å². The van der Waals surface area contributed by atoms with Gasteiger partial charge in [-0.25, -0.2) is 4.57 Å². The molecule has 7 heteroatoms. The second-order valence-electron chi connectivity index (χ2n) is 4.09. The van der Waals surface area contributed by atoms with E-state index in [1.54, 1.807) is 6.07 Å². The number of hydrogen-bond donors (Lipinski definition) is 3. The van der Waals surface area contributed by atoms with Crippen molar-refractivity contribution in [1.82, 2.24) is 9.88 Å². The molecule has 0 atom stereocenters. The SMILES string of the molecule is [2H]C([2H])(c1c[nH]c2cccc(OP(=O)(O)O)c12)C([2H])([2H])N(C)C. The molecule has 2 rings (SSSR count). The van der Waals surface area contributed by atoms with Gasteiger partial charge in [-0.15, -0.1) is 0 Å².